The van der Waals surface area contributed by atoms with Crippen molar-refractivity contribution in [3.05, 3.63) is 24.0 Å². The number of anilines is 1. The Morgan fingerprint density at radius 3 is 2.74 bits per heavy atom. The van der Waals surface area contributed by atoms with Crippen molar-refractivity contribution in [2.75, 3.05) is 23.6 Å². The maximum Gasteiger partial charge on any atom is 0.319 e. The summed E-state index contributed by atoms with van der Waals surface area (Å²) in [5, 5.41) is 5.18. The van der Waals surface area contributed by atoms with Gasteiger partial charge in [0, 0.05) is 39.4 Å². The van der Waals surface area contributed by atoms with E-state index >= 15 is 0 Å². The molecule has 2 amide bonds. The van der Waals surface area contributed by atoms with Gasteiger partial charge in [0.15, 0.2) is 0 Å². The summed E-state index contributed by atoms with van der Waals surface area (Å²) < 4.78 is 24.5. The fourth-order valence-electron chi connectivity index (χ4n) is 1.53. The Kier molecular flexibility index (Phi) is 6.30. The summed E-state index contributed by atoms with van der Waals surface area (Å²) >= 11 is 1.30. The summed E-state index contributed by atoms with van der Waals surface area (Å²) in [7, 11) is -0.972. The first-order chi connectivity index (χ1) is 8.92. The molecule has 0 saturated heterocycles. The fraction of sp³-hybridized carbons (Fsp3) is 0.417. The number of urea groups is 1. The molecule has 0 spiro atoms. The molecule has 1 aromatic carbocycles. The number of benzene rings is 1. The lowest BCUT2D eigenvalue weighted by Crippen LogP contribution is -2.39. The topological polar surface area (TPSA) is 58.2 Å². The van der Waals surface area contributed by atoms with Gasteiger partial charge in [-0.25, -0.2) is 9.18 Å². The van der Waals surface area contributed by atoms with Crippen LogP contribution in [-0.4, -0.2) is 34.5 Å². The van der Waals surface area contributed by atoms with Crippen LogP contribution in [0.15, 0.2) is 23.1 Å². The van der Waals surface area contributed by atoms with Gasteiger partial charge in [-0.2, -0.15) is 0 Å². The summed E-state index contributed by atoms with van der Waals surface area (Å²) in [5.74, 6) is 0.0146. The van der Waals surface area contributed by atoms with E-state index in [4.69, 9.17) is 0 Å². The Balaban J connectivity index is 2.57. The molecule has 0 aliphatic heterocycles. The number of hydrogen-bond acceptors (Lipinski definition) is 3. The van der Waals surface area contributed by atoms with Crippen LogP contribution in [0.25, 0.3) is 0 Å². The average molecular weight is 304 g/mol. The minimum atomic E-state index is -0.972. The predicted octanol–water partition coefficient (Wildman–Crippen LogP) is 2.44. The van der Waals surface area contributed by atoms with Gasteiger partial charge in [-0.05, 0) is 31.4 Å². The Hall–Kier alpha value is -1.08. The van der Waals surface area contributed by atoms with Gasteiger partial charge in [0.2, 0.25) is 0 Å². The van der Waals surface area contributed by atoms with Crippen molar-refractivity contribution in [2.45, 2.75) is 17.9 Å². The highest BCUT2D eigenvalue weighted by Crippen LogP contribution is 2.22. The Bertz CT molecular complexity index is 483. The summed E-state index contributed by atoms with van der Waals surface area (Å²) in [6.45, 7) is 1.76. The zero-order chi connectivity index (χ0) is 14.4. The van der Waals surface area contributed by atoms with Crippen LogP contribution in [0.4, 0.5) is 14.9 Å². The number of amides is 2. The second-order valence-electron chi connectivity index (χ2n) is 4.09. The van der Waals surface area contributed by atoms with Crippen LogP contribution in [0, 0.1) is 5.82 Å². The number of thioether (sulfide) groups is 1. The van der Waals surface area contributed by atoms with Crippen LogP contribution >= 0.6 is 11.8 Å². The molecule has 19 heavy (non-hydrogen) atoms. The van der Waals surface area contributed by atoms with Crippen molar-refractivity contribution in [1.29, 1.82) is 0 Å². The number of hydrogen-bond donors (Lipinski definition) is 2. The molecule has 2 N–H and O–H groups in total. The Morgan fingerprint density at radius 1 is 1.53 bits per heavy atom. The van der Waals surface area contributed by atoms with E-state index < -0.39 is 16.8 Å². The highest BCUT2D eigenvalue weighted by atomic mass is 32.2. The van der Waals surface area contributed by atoms with Crippen molar-refractivity contribution in [2.24, 2.45) is 0 Å². The lowest BCUT2D eigenvalue weighted by Gasteiger charge is -2.13. The molecule has 2 atom stereocenters. The monoisotopic (exact) mass is 304 g/mol. The lowest BCUT2D eigenvalue weighted by molar-refractivity contribution is 0.250. The number of nitrogens with one attached hydrogen (secondary N) is 2. The molecule has 0 unspecified atom stereocenters. The van der Waals surface area contributed by atoms with Crippen molar-refractivity contribution in [3.8, 4) is 0 Å². The summed E-state index contributed by atoms with van der Waals surface area (Å²) in [4.78, 5) is 12.1. The van der Waals surface area contributed by atoms with Gasteiger partial charge in [-0.15, -0.1) is 11.8 Å². The highest BCUT2D eigenvalue weighted by Gasteiger charge is 2.10. The van der Waals surface area contributed by atoms with E-state index in [0.717, 1.165) is 0 Å². The first-order valence-electron chi connectivity index (χ1n) is 5.63. The van der Waals surface area contributed by atoms with Crippen LogP contribution in [0.3, 0.4) is 0 Å². The lowest BCUT2D eigenvalue weighted by atomic mass is 10.3. The molecular formula is C12H17FN2O2S2. The van der Waals surface area contributed by atoms with Crippen molar-refractivity contribution in [3.63, 3.8) is 0 Å². The predicted molar refractivity (Wildman–Crippen MR) is 78.7 cm³/mol. The first kappa shape index (κ1) is 16.0. The third-order valence-electron chi connectivity index (χ3n) is 2.27. The van der Waals surface area contributed by atoms with E-state index in [-0.39, 0.29) is 11.9 Å². The molecule has 106 valence electrons. The highest BCUT2D eigenvalue weighted by molar-refractivity contribution is 7.98. The zero-order valence-corrected chi connectivity index (χ0v) is 12.7. The second kappa shape index (κ2) is 7.49. The van der Waals surface area contributed by atoms with Gasteiger partial charge in [0.1, 0.15) is 5.82 Å². The maximum absolute atomic E-state index is 13.5. The van der Waals surface area contributed by atoms with Crippen molar-refractivity contribution in [1.82, 2.24) is 5.32 Å². The standard InChI is InChI=1S/C12H17FN2O2S2/c1-8(7-19(3)17)14-12(16)15-9-4-5-11(18-2)10(13)6-9/h4-6,8H,7H2,1-3H3,(H2,14,15,16)/t8-,19+/m0/s1. The molecular weight excluding hydrogens is 287 g/mol. The largest absolute Gasteiger partial charge is 0.334 e. The van der Waals surface area contributed by atoms with Gasteiger partial charge in [0.25, 0.3) is 0 Å². The van der Waals surface area contributed by atoms with Gasteiger partial charge < -0.3 is 10.6 Å². The van der Waals surface area contributed by atoms with E-state index in [1.54, 1.807) is 31.6 Å². The molecule has 1 rings (SSSR count). The summed E-state index contributed by atoms with van der Waals surface area (Å²) in [6, 6.07) is 3.88. The number of carbonyl (C=O) groups is 1. The third kappa shape index (κ3) is 5.61. The molecule has 0 fully saturated rings. The van der Waals surface area contributed by atoms with E-state index in [2.05, 4.69) is 10.6 Å². The van der Waals surface area contributed by atoms with Gasteiger partial charge >= 0.3 is 6.03 Å². The van der Waals surface area contributed by atoms with Gasteiger partial charge in [-0.1, -0.05) is 0 Å². The second-order valence-corrected chi connectivity index (χ2v) is 6.42. The van der Waals surface area contributed by atoms with E-state index in [1.165, 1.54) is 17.8 Å². The van der Waals surface area contributed by atoms with Crippen LogP contribution in [0.1, 0.15) is 6.92 Å². The SMILES string of the molecule is CSc1ccc(NC(=O)N[C@@H](C)C[S@@](C)=O)cc1F. The summed E-state index contributed by atoms with van der Waals surface area (Å²) in [5.41, 5.74) is 0.387. The normalized spacial score (nSPS) is 13.7. The van der Waals surface area contributed by atoms with Crippen LogP contribution in [0.5, 0.6) is 0 Å². The average Bonchev–Trinajstić information content (AvgIpc) is 2.27. The first-order valence-corrected chi connectivity index (χ1v) is 8.58. The van der Waals surface area contributed by atoms with E-state index in [9.17, 15) is 13.4 Å². The fourth-order valence-corrected chi connectivity index (χ4v) is 2.77. The minimum Gasteiger partial charge on any atom is -0.334 e. The molecule has 0 heterocycles. The van der Waals surface area contributed by atoms with Crippen LogP contribution < -0.4 is 10.6 Å². The van der Waals surface area contributed by atoms with Gasteiger partial charge in [0.05, 0.1) is 0 Å². The van der Waals surface area contributed by atoms with E-state index in [0.29, 0.717) is 16.3 Å². The minimum absolute atomic E-state index is 0.207. The van der Waals surface area contributed by atoms with Crippen LogP contribution in [0.2, 0.25) is 0 Å². The van der Waals surface area contributed by atoms with Crippen molar-refractivity contribution < 1.29 is 13.4 Å². The number of rotatable bonds is 5. The van der Waals surface area contributed by atoms with E-state index in [1.807, 2.05) is 0 Å². The van der Waals surface area contributed by atoms with Crippen molar-refractivity contribution >= 4 is 34.3 Å². The molecule has 4 nitrogen and oxygen atoms in total. The number of halogens is 1. The molecule has 0 aliphatic carbocycles. The number of carbonyl (C=O) groups excluding carboxylic acids is 1. The molecule has 7 heteroatoms. The molecule has 1 aromatic rings. The smallest absolute Gasteiger partial charge is 0.319 e. The Labute approximate surface area is 119 Å². The third-order valence-corrected chi connectivity index (χ3v) is 4.01. The molecule has 0 bridgehead atoms. The molecule has 0 aliphatic rings. The molecule has 0 radical (unpaired) electrons. The zero-order valence-electron chi connectivity index (χ0n) is 11.0. The Morgan fingerprint density at radius 2 is 2.21 bits per heavy atom. The molecule has 0 saturated carbocycles. The maximum atomic E-state index is 13.5. The summed E-state index contributed by atoms with van der Waals surface area (Å²) in [6.07, 6.45) is 3.36. The van der Waals surface area contributed by atoms with Gasteiger partial charge in [-0.3, -0.25) is 4.21 Å². The van der Waals surface area contributed by atoms with Crippen LogP contribution in [-0.2, 0) is 10.8 Å². The molecule has 0 aromatic heterocycles. The quantitative estimate of drug-likeness (QED) is 0.822.